The Labute approximate surface area is 210 Å². The number of anilines is 1. The Hall–Kier alpha value is -3.71. The van der Waals surface area contributed by atoms with Gasteiger partial charge in [0, 0.05) is 31.6 Å². The van der Waals surface area contributed by atoms with Crippen LogP contribution in [0.5, 0.6) is 5.75 Å². The molecule has 0 amide bonds. The average molecular weight is 487 g/mol. The fourth-order valence-corrected chi connectivity index (χ4v) is 5.10. The Morgan fingerprint density at radius 3 is 2.53 bits per heavy atom. The van der Waals surface area contributed by atoms with Crippen molar-refractivity contribution in [1.82, 2.24) is 14.9 Å². The normalized spacial score (nSPS) is 14.0. The van der Waals surface area contributed by atoms with E-state index in [0.29, 0.717) is 28.2 Å². The van der Waals surface area contributed by atoms with Crippen LogP contribution in [0.1, 0.15) is 30.9 Å². The molecule has 7 heteroatoms. The zero-order chi connectivity index (χ0) is 25.4. The van der Waals surface area contributed by atoms with Crippen molar-refractivity contribution < 1.29 is 9.13 Å². The number of halogens is 1. The second kappa shape index (κ2) is 9.74. The van der Waals surface area contributed by atoms with Gasteiger partial charge in [-0.1, -0.05) is 38.1 Å². The lowest BCUT2D eigenvalue weighted by molar-refractivity contribution is 0.413. The van der Waals surface area contributed by atoms with Crippen LogP contribution in [0.15, 0.2) is 59.4 Å². The zero-order valence-electron chi connectivity index (χ0n) is 21.1. The molecular weight excluding hydrogens is 455 g/mol. The monoisotopic (exact) mass is 486 g/mol. The van der Waals surface area contributed by atoms with E-state index in [4.69, 9.17) is 4.74 Å². The lowest BCUT2D eigenvalue weighted by atomic mass is 9.96. The van der Waals surface area contributed by atoms with Crippen LogP contribution in [0, 0.1) is 12.7 Å². The molecule has 1 aliphatic heterocycles. The number of nitrogens with zero attached hydrogens (tertiary/aromatic N) is 3. The quantitative estimate of drug-likeness (QED) is 0.428. The molecule has 36 heavy (non-hydrogen) atoms. The van der Waals surface area contributed by atoms with Crippen molar-refractivity contribution in [1.29, 1.82) is 0 Å². The number of hydrogen-bond acceptors (Lipinski definition) is 5. The fourth-order valence-electron chi connectivity index (χ4n) is 5.10. The highest BCUT2D eigenvalue weighted by atomic mass is 19.1. The molecule has 1 N–H and O–H groups in total. The molecule has 6 nitrogen and oxygen atoms in total. The van der Waals surface area contributed by atoms with E-state index in [1.807, 2.05) is 43.3 Å². The van der Waals surface area contributed by atoms with Crippen LogP contribution in [-0.4, -0.2) is 42.8 Å². The molecular formula is C29H31FN4O2. The summed E-state index contributed by atoms with van der Waals surface area (Å²) >= 11 is 0. The molecule has 1 aromatic heterocycles. The highest BCUT2D eigenvalue weighted by molar-refractivity contribution is 5.95. The summed E-state index contributed by atoms with van der Waals surface area (Å²) in [6.07, 6.45) is 0. The topological polar surface area (TPSA) is 59.4 Å². The average Bonchev–Trinajstić information content (AvgIpc) is 2.88. The van der Waals surface area contributed by atoms with Crippen LogP contribution in [0.25, 0.3) is 27.7 Å². The Bertz CT molecular complexity index is 1490. The summed E-state index contributed by atoms with van der Waals surface area (Å²) in [5.74, 6) is 0.951. The predicted molar refractivity (Wildman–Crippen MR) is 143 cm³/mol. The highest BCUT2D eigenvalue weighted by Crippen LogP contribution is 2.38. The van der Waals surface area contributed by atoms with Crippen LogP contribution < -0.4 is 20.6 Å². The number of aromatic nitrogens is 2. The molecule has 0 spiro atoms. The molecule has 3 aromatic carbocycles. The van der Waals surface area contributed by atoms with Crippen molar-refractivity contribution in [3.63, 3.8) is 0 Å². The first-order valence-corrected chi connectivity index (χ1v) is 12.4. The summed E-state index contributed by atoms with van der Waals surface area (Å²) < 4.78 is 22.4. The van der Waals surface area contributed by atoms with E-state index in [1.54, 1.807) is 16.7 Å². The third-order valence-corrected chi connectivity index (χ3v) is 6.90. The molecule has 2 heterocycles. The molecule has 5 rings (SSSR count). The first kappa shape index (κ1) is 24.0. The van der Waals surface area contributed by atoms with Gasteiger partial charge in [-0.2, -0.15) is 4.98 Å². The third-order valence-electron chi connectivity index (χ3n) is 6.90. The SMILES string of the molecule is COc1cccc(F)c1-c1cc2c(cc1C)c(N1CCNCC1)nc(=O)n2-c1ccccc1C(C)C. The van der Waals surface area contributed by atoms with Gasteiger partial charge in [0.25, 0.3) is 0 Å². The Balaban J connectivity index is 1.88. The molecule has 0 bridgehead atoms. The van der Waals surface area contributed by atoms with Gasteiger partial charge in [-0.15, -0.1) is 0 Å². The molecule has 1 aliphatic rings. The molecule has 1 fully saturated rings. The number of fused-ring (bicyclic) bond motifs is 1. The standard InChI is InChI=1S/C29H31FN4O2/c1-18(2)20-8-5-6-10-24(20)34-25-17-21(27-23(30)9-7-11-26(27)36-4)19(3)16-22(25)28(32-29(34)35)33-14-12-31-13-15-33/h5-11,16-18,31H,12-15H2,1-4H3. The van der Waals surface area contributed by atoms with Crippen LogP contribution in [0.3, 0.4) is 0 Å². The molecule has 0 saturated carbocycles. The summed E-state index contributed by atoms with van der Waals surface area (Å²) in [5.41, 5.74) is 4.13. The van der Waals surface area contributed by atoms with Gasteiger partial charge in [0.2, 0.25) is 0 Å². The molecule has 0 atom stereocenters. The molecule has 186 valence electrons. The molecule has 4 aromatic rings. The van der Waals surface area contributed by atoms with Gasteiger partial charge in [-0.05, 0) is 59.9 Å². The maximum Gasteiger partial charge on any atom is 0.354 e. The van der Waals surface area contributed by atoms with Gasteiger partial charge < -0.3 is 15.0 Å². The highest BCUT2D eigenvalue weighted by Gasteiger charge is 2.23. The van der Waals surface area contributed by atoms with E-state index in [9.17, 15) is 4.79 Å². The third kappa shape index (κ3) is 4.13. The Morgan fingerprint density at radius 1 is 1.06 bits per heavy atom. The lowest BCUT2D eigenvalue weighted by Crippen LogP contribution is -2.44. The minimum Gasteiger partial charge on any atom is -0.496 e. The maximum atomic E-state index is 15.2. The minimum atomic E-state index is -0.371. The van der Waals surface area contributed by atoms with Crippen molar-refractivity contribution in [3.05, 3.63) is 82.0 Å². The van der Waals surface area contributed by atoms with E-state index in [1.165, 1.54) is 13.2 Å². The maximum absolute atomic E-state index is 15.2. The van der Waals surface area contributed by atoms with E-state index in [-0.39, 0.29) is 17.4 Å². The summed E-state index contributed by atoms with van der Waals surface area (Å²) in [5, 5.41) is 4.22. The zero-order valence-corrected chi connectivity index (χ0v) is 21.1. The number of piperazine rings is 1. The van der Waals surface area contributed by atoms with Crippen LogP contribution >= 0.6 is 0 Å². The number of ether oxygens (including phenoxy) is 1. The summed E-state index contributed by atoms with van der Waals surface area (Å²) in [7, 11) is 1.54. The van der Waals surface area contributed by atoms with Crippen molar-refractivity contribution in [2.24, 2.45) is 0 Å². The van der Waals surface area contributed by atoms with Crippen molar-refractivity contribution in [3.8, 4) is 22.6 Å². The largest absolute Gasteiger partial charge is 0.496 e. The number of para-hydroxylation sites is 1. The van der Waals surface area contributed by atoms with Crippen molar-refractivity contribution in [2.45, 2.75) is 26.7 Å². The van der Waals surface area contributed by atoms with Gasteiger partial charge >= 0.3 is 5.69 Å². The van der Waals surface area contributed by atoms with Crippen molar-refractivity contribution in [2.75, 3.05) is 38.2 Å². The minimum absolute atomic E-state index is 0.201. The van der Waals surface area contributed by atoms with E-state index < -0.39 is 0 Å². The number of benzene rings is 3. The number of methoxy groups -OCH3 is 1. The Kier molecular flexibility index (Phi) is 6.49. The molecule has 1 saturated heterocycles. The van der Waals surface area contributed by atoms with E-state index >= 15 is 4.39 Å². The van der Waals surface area contributed by atoms with Crippen molar-refractivity contribution >= 4 is 16.7 Å². The number of hydrogen-bond donors (Lipinski definition) is 1. The fraction of sp³-hybridized carbons (Fsp3) is 0.310. The predicted octanol–water partition coefficient (Wildman–Crippen LogP) is 5.04. The van der Waals surface area contributed by atoms with Crippen LogP contribution in [0.2, 0.25) is 0 Å². The summed E-state index contributed by atoms with van der Waals surface area (Å²) in [6, 6.07) is 16.7. The van der Waals surface area contributed by atoms with E-state index in [2.05, 4.69) is 29.0 Å². The van der Waals surface area contributed by atoms with Gasteiger partial charge in [-0.25, -0.2) is 9.18 Å². The van der Waals surface area contributed by atoms with Gasteiger partial charge in [0.05, 0.1) is 23.9 Å². The van der Waals surface area contributed by atoms with Gasteiger partial charge in [-0.3, -0.25) is 4.57 Å². The van der Waals surface area contributed by atoms with Crippen LogP contribution in [-0.2, 0) is 0 Å². The number of rotatable bonds is 5. The van der Waals surface area contributed by atoms with Crippen LogP contribution in [0.4, 0.5) is 10.2 Å². The lowest BCUT2D eigenvalue weighted by Gasteiger charge is -2.30. The van der Waals surface area contributed by atoms with Gasteiger partial charge in [0.15, 0.2) is 0 Å². The first-order chi connectivity index (χ1) is 17.4. The number of aryl methyl sites for hydroxylation is 1. The summed E-state index contributed by atoms with van der Waals surface area (Å²) in [6.45, 7) is 9.34. The van der Waals surface area contributed by atoms with E-state index in [0.717, 1.165) is 48.4 Å². The molecule has 0 radical (unpaired) electrons. The number of nitrogens with one attached hydrogen (secondary N) is 1. The summed E-state index contributed by atoms with van der Waals surface area (Å²) in [4.78, 5) is 20.5. The smallest absolute Gasteiger partial charge is 0.354 e. The van der Waals surface area contributed by atoms with Gasteiger partial charge in [0.1, 0.15) is 17.4 Å². The first-order valence-electron chi connectivity index (χ1n) is 12.4. The Morgan fingerprint density at radius 2 is 1.81 bits per heavy atom. The second-order valence-corrected chi connectivity index (χ2v) is 9.51. The second-order valence-electron chi connectivity index (χ2n) is 9.51. The molecule has 0 unspecified atom stereocenters. The molecule has 0 aliphatic carbocycles.